The van der Waals surface area contributed by atoms with Crippen molar-refractivity contribution in [2.75, 3.05) is 13.1 Å². The molecule has 0 atom stereocenters. The molecule has 2 N–H and O–H groups in total. The highest BCUT2D eigenvalue weighted by atomic mass is 19.1. The van der Waals surface area contributed by atoms with Crippen LogP contribution in [0.4, 0.5) is 8.78 Å². The van der Waals surface area contributed by atoms with Crippen molar-refractivity contribution in [1.82, 2.24) is 20.4 Å². The number of nitrogens with one attached hydrogen (secondary N) is 2. The van der Waals surface area contributed by atoms with E-state index in [4.69, 9.17) is 0 Å². The monoisotopic (exact) mass is 321 g/mol. The number of nitrogens with zero attached hydrogens (tertiary/aromatic N) is 3. The van der Waals surface area contributed by atoms with Crippen LogP contribution in [0.2, 0.25) is 0 Å². The molecule has 0 aliphatic heterocycles. The SMILES string of the molecule is CCNC(=NCc1cc(F)ccc1F)NCCCn1cccn1. The third kappa shape index (κ3) is 5.69. The lowest BCUT2D eigenvalue weighted by atomic mass is 10.2. The van der Waals surface area contributed by atoms with E-state index in [0.29, 0.717) is 19.0 Å². The molecule has 7 heteroatoms. The number of aryl methyl sites for hydroxylation is 1. The van der Waals surface area contributed by atoms with Crippen LogP contribution in [0.25, 0.3) is 0 Å². The van der Waals surface area contributed by atoms with Gasteiger partial charge in [0.1, 0.15) is 11.6 Å². The zero-order valence-corrected chi connectivity index (χ0v) is 13.1. The Hall–Kier alpha value is -2.44. The highest BCUT2D eigenvalue weighted by Gasteiger charge is 2.04. The van der Waals surface area contributed by atoms with E-state index >= 15 is 0 Å². The number of aliphatic imine (C=N–C) groups is 1. The molecule has 0 saturated heterocycles. The molecule has 2 rings (SSSR count). The van der Waals surface area contributed by atoms with Crippen LogP contribution in [0.3, 0.4) is 0 Å². The van der Waals surface area contributed by atoms with Crippen LogP contribution in [0.1, 0.15) is 18.9 Å². The standard InChI is InChI=1S/C16H21F2N5/c1-2-19-16(20-7-3-9-23-10-4-8-22-23)21-12-13-11-14(17)5-6-15(13)18/h4-6,8,10-11H,2-3,7,9,12H2,1H3,(H2,19,20,21). The van der Waals surface area contributed by atoms with Gasteiger partial charge >= 0.3 is 0 Å². The molecule has 2 aromatic rings. The van der Waals surface area contributed by atoms with Crippen LogP contribution in [0, 0.1) is 11.6 Å². The number of halogens is 2. The van der Waals surface area contributed by atoms with Gasteiger partial charge in [0.15, 0.2) is 5.96 Å². The topological polar surface area (TPSA) is 54.2 Å². The van der Waals surface area contributed by atoms with Crippen LogP contribution in [0.5, 0.6) is 0 Å². The number of guanidine groups is 1. The number of aromatic nitrogens is 2. The number of hydrogen-bond donors (Lipinski definition) is 2. The largest absolute Gasteiger partial charge is 0.357 e. The summed E-state index contributed by atoms with van der Waals surface area (Å²) in [4.78, 5) is 4.29. The minimum Gasteiger partial charge on any atom is -0.357 e. The van der Waals surface area contributed by atoms with E-state index < -0.39 is 11.6 Å². The van der Waals surface area contributed by atoms with Gasteiger partial charge < -0.3 is 10.6 Å². The molecule has 5 nitrogen and oxygen atoms in total. The van der Waals surface area contributed by atoms with Gasteiger partial charge in [-0.05, 0) is 37.6 Å². The molecule has 0 unspecified atom stereocenters. The summed E-state index contributed by atoms with van der Waals surface area (Å²) >= 11 is 0. The van der Waals surface area contributed by atoms with Gasteiger partial charge in [0.05, 0.1) is 6.54 Å². The maximum absolute atomic E-state index is 13.6. The van der Waals surface area contributed by atoms with Crippen molar-refractivity contribution >= 4 is 5.96 Å². The third-order valence-electron chi connectivity index (χ3n) is 3.18. The van der Waals surface area contributed by atoms with Gasteiger partial charge in [0.25, 0.3) is 0 Å². The van der Waals surface area contributed by atoms with Crippen LogP contribution in [0.15, 0.2) is 41.7 Å². The number of hydrogen-bond acceptors (Lipinski definition) is 2. The lowest BCUT2D eigenvalue weighted by Gasteiger charge is -2.11. The van der Waals surface area contributed by atoms with Crippen LogP contribution >= 0.6 is 0 Å². The van der Waals surface area contributed by atoms with Gasteiger partial charge in [-0.25, -0.2) is 13.8 Å². The minimum atomic E-state index is -0.464. The molecule has 23 heavy (non-hydrogen) atoms. The maximum Gasteiger partial charge on any atom is 0.191 e. The fourth-order valence-corrected chi connectivity index (χ4v) is 2.05. The summed E-state index contributed by atoms with van der Waals surface area (Å²) in [6.45, 7) is 4.23. The Morgan fingerprint density at radius 1 is 1.30 bits per heavy atom. The second kappa shape index (κ2) is 8.87. The zero-order valence-electron chi connectivity index (χ0n) is 13.1. The predicted octanol–water partition coefficient (Wildman–Crippen LogP) is 2.31. The van der Waals surface area contributed by atoms with E-state index in [9.17, 15) is 8.78 Å². The summed E-state index contributed by atoms with van der Waals surface area (Å²) in [5, 5.41) is 10.4. The number of rotatable bonds is 7. The van der Waals surface area contributed by atoms with Crippen LogP contribution in [-0.2, 0) is 13.1 Å². The summed E-state index contributed by atoms with van der Waals surface area (Å²) < 4.78 is 28.6. The molecule has 124 valence electrons. The molecule has 1 aromatic heterocycles. The maximum atomic E-state index is 13.6. The first-order valence-electron chi connectivity index (χ1n) is 7.62. The van der Waals surface area contributed by atoms with Gasteiger partial charge in [-0.3, -0.25) is 4.68 Å². The van der Waals surface area contributed by atoms with Crippen molar-refractivity contribution < 1.29 is 8.78 Å². The molecule has 0 aliphatic rings. The molecule has 0 radical (unpaired) electrons. The van der Waals surface area contributed by atoms with E-state index in [1.54, 1.807) is 6.20 Å². The Morgan fingerprint density at radius 2 is 2.17 bits per heavy atom. The van der Waals surface area contributed by atoms with E-state index in [-0.39, 0.29) is 12.1 Å². The molecule has 0 fully saturated rings. The Morgan fingerprint density at radius 3 is 2.91 bits per heavy atom. The molecule has 0 bridgehead atoms. The summed E-state index contributed by atoms with van der Waals surface area (Å²) in [5.41, 5.74) is 0.235. The first-order chi connectivity index (χ1) is 11.2. The zero-order chi connectivity index (χ0) is 16.5. The Balaban J connectivity index is 1.85. The molecule has 0 amide bonds. The van der Waals surface area contributed by atoms with Crippen molar-refractivity contribution in [2.24, 2.45) is 4.99 Å². The molecular formula is C16H21F2N5. The smallest absolute Gasteiger partial charge is 0.191 e. The fourth-order valence-electron chi connectivity index (χ4n) is 2.05. The highest BCUT2D eigenvalue weighted by molar-refractivity contribution is 5.79. The average Bonchev–Trinajstić information content (AvgIpc) is 3.05. The van der Waals surface area contributed by atoms with E-state index in [0.717, 1.165) is 25.1 Å². The lowest BCUT2D eigenvalue weighted by Crippen LogP contribution is -2.38. The summed E-state index contributed by atoms with van der Waals surface area (Å²) in [6, 6.07) is 5.26. The molecule has 0 aliphatic carbocycles. The van der Waals surface area contributed by atoms with Crippen molar-refractivity contribution in [3.63, 3.8) is 0 Å². The molecule has 0 spiro atoms. The molecule has 1 aromatic carbocycles. The first-order valence-corrected chi connectivity index (χ1v) is 7.62. The molecule has 0 saturated carbocycles. The van der Waals surface area contributed by atoms with Crippen LogP contribution in [-0.4, -0.2) is 28.8 Å². The van der Waals surface area contributed by atoms with E-state index in [1.165, 1.54) is 6.07 Å². The first kappa shape index (κ1) is 16.9. The van der Waals surface area contributed by atoms with Crippen molar-refractivity contribution in [1.29, 1.82) is 0 Å². The third-order valence-corrected chi connectivity index (χ3v) is 3.18. The highest BCUT2D eigenvalue weighted by Crippen LogP contribution is 2.10. The molecular weight excluding hydrogens is 300 g/mol. The minimum absolute atomic E-state index is 0.0814. The lowest BCUT2D eigenvalue weighted by molar-refractivity contribution is 0.569. The molecule has 1 heterocycles. The Labute approximate surface area is 134 Å². The van der Waals surface area contributed by atoms with Crippen molar-refractivity contribution in [3.05, 3.63) is 53.9 Å². The van der Waals surface area contributed by atoms with Gasteiger partial charge in [0, 0.05) is 37.6 Å². The fraction of sp³-hybridized carbons (Fsp3) is 0.375. The van der Waals surface area contributed by atoms with Gasteiger partial charge in [-0.2, -0.15) is 5.10 Å². The normalized spacial score (nSPS) is 11.5. The Kier molecular flexibility index (Phi) is 6.53. The van der Waals surface area contributed by atoms with Gasteiger partial charge in [-0.15, -0.1) is 0 Å². The van der Waals surface area contributed by atoms with E-state index in [2.05, 4.69) is 20.7 Å². The number of benzene rings is 1. The second-order valence-corrected chi connectivity index (χ2v) is 4.98. The van der Waals surface area contributed by atoms with Gasteiger partial charge in [0.2, 0.25) is 0 Å². The summed E-state index contributed by atoms with van der Waals surface area (Å²) in [7, 11) is 0. The Bertz CT molecular complexity index is 625. The summed E-state index contributed by atoms with van der Waals surface area (Å²) in [5.74, 6) is -0.338. The van der Waals surface area contributed by atoms with E-state index in [1.807, 2.05) is 23.9 Å². The van der Waals surface area contributed by atoms with Crippen molar-refractivity contribution in [3.8, 4) is 0 Å². The quantitative estimate of drug-likeness (QED) is 0.467. The van der Waals surface area contributed by atoms with Gasteiger partial charge in [-0.1, -0.05) is 0 Å². The second-order valence-electron chi connectivity index (χ2n) is 4.98. The van der Waals surface area contributed by atoms with Crippen LogP contribution < -0.4 is 10.6 Å². The average molecular weight is 321 g/mol. The summed E-state index contributed by atoms with van der Waals surface area (Å²) in [6.07, 6.45) is 4.53. The van der Waals surface area contributed by atoms with Crippen molar-refractivity contribution in [2.45, 2.75) is 26.4 Å². The predicted molar refractivity (Wildman–Crippen MR) is 86.0 cm³/mol.